The van der Waals surface area contributed by atoms with E-state index in [1.807, 2.05) is 32.9 Å². The molecule has 0 spiro atoms. The predicted octanol–water partition coefficient (Wildman–Crippen LogP) is 3.59. The van der Waals surface area contributed by atoms with E-state index in [0.717, 1.165) is 11.5 Å². The van der Waals surface area contributed by atoms with Gasteiger partial charge in [-0.3, -0.25) is 0 Å². The van der Waals surface area contributed by atoms with Gasteiger partial charge in [-0.2, -0.15) is 0 Å². The molecule has 1 unspecified atom stereocenters. The fourth-order valence-electron chi connectivity index (χ4n) is 2.37. The highest BCUT2D eigenvalue weighted by Gasteiger charge is 2.41. The normalized spacial score (nSPS) is 20.3. The molecule has 1 aliphatic rings. The first-order chi connectivity index (χ1) is 8.38. The van der Waals surface area contributed by atoms with Crippen LogP contribution < -0.4 is 0 Å². The largest absolute Gasteiger partial charge is 0.382 e. The van der Waals surface area contributed by atoms with Crippen molar-refractivity contribution in [1.29, 1.82) is 0 Å². The first-order valence-electron chi connectivity index (χ1n) is 6.76. The average Bonchev–Trinajstić information content (AvgIpc) is 2.27. The maximum Gasteiger partial charge on any atom is 0.115 e. The summed E-state index contributed by atoms with van der Waals surface area (Å²) in [7, 11) is 1.64. The van der Waals surface area contributed by atoms with Crippen LogP contribution in [0.3, 0.4) is 0 Å². The topological polar surface area (TPSA) is 29.5 Å². The van der Waals surface area contributed by atoms with Gasteiger partial charge in [0.2, 0.25) is 0 Å². The molecule has 2 heteroatoms. The number of rotatable bonds is 4. The van der Waals surface area contributed by atoms with Crippen molar-refractivity contribution in [1.82, 2.24) is 0 Å². The van der Waals surface area contributed by atoms with E-state index in [-0.39, 0.29) is 0 Å². The Hall–Kier alpha value is -0.860. The predicted molar refractivity (Wildman–Crippen MR) is 73.7 cm³/mol. The van der Waals surface area contributed by atoms with Gasteiger partial charge in [-0.1, -0.05) is 30.7 Å². The molecule has 1 atom stereocenters. The minimum Gasteiger partial charge on any atom is -0.382 e. The monoisotopic (exact) mass is 248 g/mol. The highest BCUT2D eigenvalue weighted by atomic mass is 16.5. The van der Waals surface area contributed by atoms with Crippen LogP contribution in [-0.2, 0) is 10.3 Å². The summed E-state index contributed by atoms with van der Waals surface area (Å²) in [5.41, 5.74) is 0.721. The maximum absolute atomic E-state index is 10.7. The molecule has 1 aliphatic carbocycles. The van der Waals surface area contributed by atoms with Crippen LogP contribution in [0.2, 0.25) is 0 Å². The summed E-state index contributed by atoms with van der Waals surface area (Å²) in [5.74, 6) is 0.736. The standard InChI is InChI=1S/C16H24O2/c1-15(2,18-4)16(3,17)14-10-8-13(9-11-14)12-6-5-7-12/h8-12,17H,5-7H2,1-4H3. The number of aliphatic hydroxyl groups is 1. The Bertz CT molecular complexity index is 400. The zero-order valence-electron chi connectivity index (χ0n) is 11.9. The van der Waals surface area contributed by atoms with E-state index in [1.165, 1.54) is 24.8 Å². The molecule has 0 aliphatic heterocycles. The lowest BCUT2D eigenvalue weighted by Gasteiger charge is -2.39. The zero-order chi connectivity index (χ0) is 13.4. The van der Waals surface area contributed by atoms with E-state index in [1.54, 1.807) is 7.11 Å². The second kappa shape index (κ2) is 4.67. The molecule has 0 heterocycles. The molecular weight excluding hydrogens is 224 g/mol. The summed E-state index contributed by atoms with van der Waals surface area (Å²) < 4.78 is 5.42. The van der Waals surface area contributed by atoms with Crippen molar-refractivity contribution in [2.45, 2.75) is 57.2 Å². The van der Waals surface area contributed by atoms with Crippen LogP contribution in [0.25, 0.3) is 0 Å². The molecule has 2 nitrogen and oxygen atoms in total. The van der Waals surface area contributed by atoms with Gasteiger partial charge in [-0.15, -0.1) is 0 Å². The van der Waals surface area contributed by atoms with Crippen molar-refractivity contribution in [2.75, 3.05) is 7.11 Å². The smallest absolute Gasteiger partial charge is 0.115 e. The third-order valence-electron chi connectivity index (χ3n) is 4.73. The summed E-state index contributed by atoms with van der Waals surface area (Å²) in [4.78, 5) is 0. The molecule has 1 saturated carbocycles. The maximum atomic E-state index is 10.7. The van der Waals surface area contributed by atoms with Crippen LogP contribution in [0.5, 0.6) is 0 Å². The summed E-state index contributed by atoms with van der Waals surface area (Å²) in [6, 6.07) is 8.38. The first-order valence-corrected chi connectivity index (χ1v) is 6.76. The van der Waals surface area contributed by atoms with Gasteiger partial charge in [-0.25, -0.2) is 0 Å². The minimum absolute atomic E-state index is 0.606. The SMILES string of the molecule is COC(C)(C)C(C)(O)c1ccc(C2CCC2)cc1. The molecule has 0 bridgehead atoms. The Kier molecular flexibility index (Phi) is 3.52. The quantitative estimate of drug-likeness (QED) is 0.882. The third kappa shape index (κ3) is 2.19. The van der Waals surface area contributed by atoms with Crippen LogP contribution in [-0.4, -0.2) is 17.8 Å². The number of hydrogen-bond acceptors (Lipinski definition) is 2. The van der Waals surface area contributed by atoms with Gasteiger partial charge in [0.05, 0.1) is 5.60 Å². The Morgan fingerprint density at radius 2 is 1.67 bits per heavy atom. The molecule has 2 rings (SSSR count). The van der Waals surface area contributed by atoms with Crippen LogP contribution in [0.4, 0.5) is 0 Å². The lowest BCUT2D eigenvalue weighted by atomic mass is 9.77. The van der Waals surface area contributed by atoms with Crippen molar-refractivity contribution >= 4 is 0 Å². The number of benzene rings is 1. The Labute approximate surface area is 110 Å². The van der Waals surface area contributed by atoms with Gasteiger partial charge in [0, 0.05) is 7.11 Å². The van der Waals surface area contributed by atoms with Gasteiger partial charge in [0.1, 0.15) is 5.60 Å². The Morgan fingerprint density at radius 1 is 1.11 bits per heavy atom. The summed E-state index contributed by atoms with van der Waals surface area (Å²) >= 11 is 0. The highest BCUT2D eigenvalue weighted by Crippen LogP contribution is 2.39. The van der Waals surface area contributed by atoms with Crippen molar-refractivity contribution in [3.05, 3.63) is 35.4 Å². The number of ether oxygens (including phenoxy) is 1. The van der Waals surface area contributed by atoms with Crippen molar-refractivity contribution in [3.63, 3.8) is 0 Å². The lowest BCUT2D eigenvalue weighted by molar-refractivity contribution is -0.145. The molecule has 18 heavy (non-hydrogen) atoms. The second-order valence-electron chi connectivity index (χ2n) is 6.04. The van der Waals surface area contributed by atoms with Gasteiger partial charge in [-0.05, 0) is 50.7 Å². The molecule has 1 aromatic rings. The third-order valence-corrected chi connectivity index (χ3v) is 4.73. The Morgan fingerprint density at radius 3 is 2.06 bits per heavy atom. The minimum atomic E-state index is -0.986. The summed E-state index contributed by atoms with van der Waals surface area (Å²) in [6.07, 6.45) is 3.96. The van der Waals surface area contributed by atoms with E-state index in [2.05, 4.69) is 12.1 Å². The van der Waals surface area contributed by atoms with Crippen LogP contribution in [0.1, 0.15) is 57.1 Å². The lowest BCUT2D eigenvalue weighted by Crippen LogP contribution is -2.46. The molecule has 0 radical (unpaired) electrons. The molecule has 0 amide bonds. The molecule has 1 N–H and O–H groups in total. The molecular formula is C16H24O2. The van der Waals surface area contributed by atoms with Crippen molar-refractivity contribution < 1.29 is 9.84 Å². The van der Waals surface area contributed by atoms with E-state index < -0.39 is 11.2 Å². The molecule has 0 aromatic heterocycles. The highest BCUT2D eigenvalue weighted by molar-refractivity contribution is 5.31. The van der Waals surface area contributed by atoms with E-state index in [9.17, 15) is 5.11 Å². The van der Waals surface area contributed by atoms with Gasteiger partial charge in [0.25, 0.3) is 0 Å². The van der Waals surface area contributed by atoms with Gasteiger partial charge in [0.15, 0.2) is 0 Å². The van der Waals surface area contributed by atoms with Crippen LogP contribution in [0, 0.1) is 0 Å². The van der Waals surface area contributed by atoms with Crippen LogP contribution >= 0.6 is 0 Å². The van der Waals surface area contributed by atoms with Gasteiger partial charge < -0.3 is 9.84 Å². The van der Waals surface area contributed by atoms with Crippen molar-refractivity contribution in [2.24, 2.45) is 0 Å². The molecule has 1 aromatic carbocycles. The number of methoxy groups -OCH3 is 1. The summed E-state index contributed by atoms with van der Waals surface area (Å²) in [5, 5.41) is 10.7. The Balaban J connectivity index is 2.22. The van der Waals surface area contributed by atoms with E-state index in [0.29, 0.717) is 0 Å². The zero-order valence-corrected chi connectivity index (χ0v) is 11.9. The molecule has 1 fully saturated rings. The van der Waals surface area contributed by atoms with E-state index >= 15 is 0 Å². The van der Waals surface area contributed by atoms with Gasteiger partial charge >= 0.3 is 0 Å². The summed E-state index contributed by atoms with van der Waals surface area (Å²) in [6.45, 7) is 5.63. The molecule has 100 valence electrons. The molecule has 0 saturated heterocycles. The van der Waals surface area contributed by atoms with Crippen molar-refractivity contribution in [3.8, 4) is 0 Å². The first kappa shape index (κ1) is 13.6. The fraction of sp³-hybridized carbons (Fsp3) is 0.625. The average molecular weight is 248 g/mol. The fourth-order valence-corrected chi connectivity index (χ4v) is 2.37. The number of hydrogen-bond donors (Lipinski definition) is 1. The van der Waals surface area contributed by atoms with Crippen LogP contribution in [0.15, 0.2) is 24.3 Å². The van der Waals surface area contributed by atoms with E-state index in [4.69, 9.17) is 4.74 Å². The second-order valence-corrected chi connectivity index (χ2v) is 6.04.